The SMILES string of the molecule is c1ccc(N(c2ccc(-c3cccc4ccccc34)cc2)c2cccc3cc4c(cc23)oc2ccncc24)c(-c2cccc3ccccc23)c1. The number of hydrogen-bond donors (Lipinski definition) is 0. The lowest BCUT2D eigenvalue weighted by atomic mass is 9.95. The van der Waals surface area contributed by atoms with Crippen LogP contribution in [0.3, 0.4) is 0 Å². The Hall–Kier alpha value is -6.71. The minimum atomic E-state index is 0.842. The highest BCUT2D eigenvalue weighted by atomic mass is 16.3. The van der Waals surface area contributed by atoms with Crippen molar-refractivity contribution in [1.82, 2.24) is 4.98 Å². The van der Waals surface area contributed by atoms with Gasteiger partial charge in [-0.15, -0.1) is 0 Å². The number of anilines is 3. The van der Waals surface area contributed by atoms with Gasteiger partial charge in [-0.25, -0.2) is 0 Å². The number of benzene rings is 8. The van der Waals surface area contributed by atoms with Gasteiger partial charge in [-0.2, -0.15) is 0 Å². The first-order valence-corrected chi connectivity index (χ1v) is 16.9. The first kappa shape index (κ1) is 28.3. The molecular formula is C47H30N2O. The number of aromatic nitrogens is 1. The predicted octanol–water partition coefficient (Wildman–Crippen LogP) is 13.2. The highest BCUT2D eigenvalue weighted by Crippen LogP contribution is 2.46. The van der Waals surface area contributed by atoms with E-state index in [0.29, 0.717) is 0 Å². The largest absolute Gasteiger partial charge is 0.456 e. The number of pyridine rings is 1. The second-order valence-corrected chi connectivity index (χ2v) is 12.8. The first-order valence-electron chi connectivity index (χ1n) is 16.9. The molecule has 0 N–H and O–H groups in total. The molecule has 10 rings (SSSR count). The molecule has 0 atom stereocenters. The molecule has 50 heavy (non-hydrogen) atoms. The van der Waals surface area contributed by atoms with Crippen molar-refractivity contribution in [2.45, 2.75) is 0 Å². The van der Waals surface area contributed by atoms with E-state index < -0.39 is 0 Å². The van der Waals surface area contributed by atoms with Crippen molar-refractivity contribution in [3.63, 3.8) is 0 Å². The van der Waals surface area contributed by atoms with Crippen LogP contribution in [0.4, 0.5) is 17.1 Å². The molecule has 0 aliphatic heterocycles. The molecule has 0 radical (unpaired) electrons. The fourth-order valence-electron chi connectivity index (χ4n) is 7.60. The summed E-state index contributed by atoms with van der Waals surface area (Å²) < 4.78 is 6.39. The summed E-state index contributed by atoms with van der Waals surface area (Å²) in [6.45, 7) is 0. The van der Waals surface area contributed by atoms with Crippen LogP contribution < -0.4 is 4.90 Å². The zero-order valence-electron chi connectivity index (χ0n) is 27.1. The van der Waals surface area contributed by atoms with Crippen LogP contribution in [0.15, 0.2) is 187 Å². The van der Waals surface area contributed by atoms with E-state index in [1.807, 2.05) is 12.3 Å². The van der Waals surface area contributed by atoms with E-state index in [0.717, 1.165) is 55.3 Å². The highest BCUT2D eigenvalue weighted by molar-refractivity contribution is 6.13. The Morgan fingerprint density at radius 3 is 1.84 bits per heavy atom. The molecule has 3 heteroatoms. The summed E-state index contributed by atoms with van der Waals surface area (Å²) in [5, 5.41) is 9.28. The van der Waals surface area contributed by atoms with E-state index in [4.69, 9.17) is 4.42 Å². The Kier molecular flexibility index (Phi) is 6.49. The van der Waals surface area contributed by atoms with Crippen LogP contribution in [0.2, 0.25) is 0 Å². The van der Waals surface area contributed by atoms with E-state index in [-0.39, 0.29) is 0 Å². The lowest BCUT2D eigenvalue weighted by Gasteiger charge is -2.29. The van der Waals surface area contributed by atoms with Gasteiger partial charge in [0.05, 0.1) is 11.4 Å². The molecule has 10 aromatic rings. The lowest BCUT2D eigenvalue weighted by Crippen LogP contribution is -2.11. The van der Waals surface area contributed by atoms with Gasteiger partial charge in [0, 0.05) is 39.8 Å². The Morgan fingerprint density at radius 1 is 0.400 bits per heavy atom. The standard InChI is InChI=1S/C47H30N2O/c1-3-15-36-31(10-1)12-7-18-37(36)33-22-24-35(25-23-33)49(44-20-6-5-17-40(44)39-19-8-13-32-11-2-4-16-38(32)39)45-21-9-14-34-28-42-43-30-48-27-26-46(43)50-47(42)29-41(34)45/h1-30H. The quantitative estimate of drug-likeness (QED) is 0.188. The maximum atomic E-state index is 6.39. The van der Waals surface area contributed by atoms with Crippen LogP contribution >= 0.6 is 0 Å². The van der Waals surface area contributed by atoms with E-state index in [2.05, 4.69) is 174 Å². The van der Waals surface area contributed by atoms with Crippen LogP contribution in [-0.2, 0) is 0 Å². The fraction of sp³-hybridized carbons (Fsp3) is 0. The fourth-order valence-corrected chi connectivity index (χ4v) is 7.60. The molecule has 0 spiro atoms. The zero-order chi connectivity index (χ0) is 33.0. The van der Waals surface area contributed by atoms with Crippen LogP contribution in [0, 0.1) is 0 Å². The predicted molar refractivity (Wildman–Crippen MR) is 210 cm³/mol. The summed E-state index contributed by atoms with van der Waals surface area (Å²) in [5.41, 5.74) is 9.71. The molecule has 0 saturated heterocycles. The molecule has 0 saturated carbocycles. The van der Waals surface area contributed by atoms with Gasteiger partial charge < -0.3 is 9.32 Å². The number of furan rings is 1. The van der Waals surface area contributed by atoms with E-state index in [1.165, 1.54) is 38.2 Å². The second kappa shape index (κ2) is 11.5. The molecule has 3 nitrogen and oxygen atoms in total. The van der Waals surface area contributed by atoms with Crippen molar-refractivity contribution in [1.29, 1.82) is 0 Å². The molecule has 2 aromatic heterocycles. The average Bonchev–Trinajstić information content (AvgIpc) is 3.55. The van der Waals surface area contributed by atoms with E-state index in [9.17, 15) is 0 Å². The van der Waals surface area contributed by atoms with Gasteiger partial charge in [0.15, 0.2) is 0 Å². The number of para-hydroxylation sites is 1. The van der Waals surface area contributed by atoms with Gasteiger partial charge in [0.1, 0.15) is 11.2 Å². The molecule has 0 amide bonds. The molecule has 0 bridgehead atoms. The second-order valence-electron chi connectivity index (χ2n) is 12.8. The van der Waals surface area contributed by atoms with Crippen molar-refractivity contribution < 1.29 is 4.42 Å². The third-order valence-electron chi connectivity index (χ3n) is 9.94. The van der Waals surface area contributed by atoms with Gasteiger partial charge in [-0.3, -0.25) is 4.98 Å². The van der Waals surface area contributed by atoms with Gasteiger partial charge in [-0.05, 0) is 86.1 Å². The van der Waals surface area contributed by atoms with Crippen LogP contribution in [0.1, 0.15) is 0 Å². The Bertz CT molecular complexity index is 2870. The normalized spacial score (nSPS) is 11.6. The van der Waals surface area contributed by atoms with Gasteiger partial charge in [0.25, 0.3) is 0 Å². The molecule has 0 fully saturated rings. The van der Waals surface area contributed by atoms with Gasteiger partial charge >= 0.3 is 0 Å². The zero-order valence-corrected chi connectivity index (χ0v) is 27.1. The number of fused-ring (bicyclic) bond motifs is 6. The van der Waals surface area contributed by atoms with Crippen LogP contribution in [-0.4, -0.2) is 4.98 Å². The van der Waals surface area contributed by atoms with E-state index in [1.54, 1.807) is 6.20 Å². The van der Waals surface area contributed by atoms with E-state index >= 15 is 0 Å². The van der Waals surface area contributed by atoms with Crippen LogP contribution in [0.25, 0.3) is 76.5 Å². The summed E-state index contributed by atoms with van der Waals surface area (Å²) >= 11 is 0. The minimum absolute atomic E-state index is 0.842. The molecule has 0 aliphatic rings. The average molecular weight is 639 g/mol. The molecule has 234 valence electrons. The van der Waals surface area contributed by atoms with Gasteiger partial charge in [0.2, 0.25) is 0 Å². The van der Waals surface area contributed by atoms with Crippen molar-refractivity contribution in [2.75, 3.05) is 4.90 Å². The summed E-state index contributed by atoms with van der Waals surface area (Å²) in [7, 11) is 0. The maximum Gasteiger partial charge on any atom is 0.138 e. The molecular weight excluding hydrogens is 609 g/mol. The monoisotopic (exact) mass is 638 g/mol. The number of nitrogens with zero attached hydrogens (tertiary/aromatic N) is 2. The number of rotatable bonds is 5. The summed E-state index contributed by atoms with van der Waals surface area (Å²) in [6.07, 6.45) is 3.67. The van der Waals surface area contributed by atoms with Crippen LogP contribution in [0.5, 0.6) is 0 Å². The summed E-state index contributed by atoms with van der Waals surface area (Å²) in [5.74, 6) is 0. The lowest BCUT2D eigenvalue weighted by molar-refractivity contribution is 0.669. The molecule has 8 aromatic carbocycles. The molecule has 2 heterocycles. The summed E-state index contributed by atoms with van der Waals surface area (Å²) in [4.78, 5) is 6.78. The highest BCUT2D eigenvalue weighted by Gasteiger charge is 2.21. The molecule has 0 unspecified atom stereocenters. The topological polar surface area (TPSA) is 29.3 Å². The van der Waals surface area contributed by atoms with Crippen molar-refractivity contribution in [2.24, 2.45) is 0 Å². The van der Waals surface area contributed by atoms with Gasteiger partial charge in [-0.1, -0.05) is 127 Å². The third kappa shape index (κ3) is 4.56. The Morgan fingerprint density at radius 2 is 1.02 bits per heavy atom. The minimum Gasteiger partial charge on any atom is -0.456 e. The maximum absolute atomic E-state index is 6.39. The first-order chi connectivity index (χ1) is 24.8. The van der Waals surface area contributed by atoms with Crippen molar-refractivity contribution >= 4 is 71.3 Å². The smallest absolute Gasteiger partial charge is 0.138 e. The molecule has 0 aliphatic carbocycles. The third-order valence-corrected chi connectivity index (χ3v) is 9.94. The Labute approximate surface area is 289 Å². The summed E-state index contributed by atoms with van der Waals surface area (Å²) in [6, 6.07) is 61.0. The van der Waals surface area contributed by atoms with Crippen molar-refractivity contribution in [3.05, 3.63) is 182 Å². The van der Waals surface area contributed by atoms with Crippen molar-refractivity contribution in [3.8, 4) is 22.3 Å². The Balaban J connectivity index is 1.22. The number of hydrogen-bond acceptors (Lipinski definition) is 3.